The standard InChI is InChI=1S/C29H43N7O4/c1-18(17-39-6)32-28-30-13-26-24(11-25(36(26)33-28)21-7-9-23(37)10-8-21)22-12-31-35(16-22)29(4,5)27(38)34-14-19(2)40-20(3)15-34/h11-13,16,18-21,23,37H,7-10,14-15,17H2,1-6H3,(H,32,33)/t18-,19-,20-,21?,23?/m0/s1. The van der Waals surface area contributed by atoms with Crippen LogP contribution in [0.4, 0.5) is 5.95 Å². The molecule has 3 aromatic rings. The van der Waals surface area contributed by atoms with Crippen molar-refractivity contribution in [2.45, 2.75) is 96.1 Å². The fraction of sp³-hybridized carbons (Fsp3) is 0.655. The van der Waals surface area contributed by atoms with E-state index in [4.69, 9.17) is 14.6 Å². The minimum absolute atomic E-state index is 0.000535. The number of nitrogens with zero attached hydrogens (tertiary/aromatic N) is 6. The molecule has 2 N–H and O–H groups in total. The van der Waals surface area contributed by atoms with Gasteiger partial charge in [0.05, 0.1) is 42.8 Å². The Morgan fingerprint density at radius 2 is 1.90 bits per heavy atom. The average molecular weight is 554 g/mol. The number of amides is 1. The van der Waals surface area contributed by atoms with E-state index in [0.717, 1.165) is 48.0 Å². The molecule has 4 heterocycles. The van der Waals surface area contributed by atoms with Crippen molar-refractivity contribution >= 4 is 17.4 Å². The summed E-state index contributed by atoms with van der Waals surface area (Å²) < 4.78 is 14.8. The number of ether oxygens (including phenoxy) is 2. The highest BCUT2D eigenvalue weighted by molar-refractivity contribution is 5.85. The largest absolute Gasteiger partial charge is 0.393 e. The zero-order valence-electron chi connectivity index (χ0n) is 24.5. The highest BCUT2D eigenvalue weighted by Crippen LogP contribution is 2.38. The highest BCUT2D eigenvalue weighted by Gasteiger charge is 2.38. The summed E-state index contributed by atoms with van der Waals surface area (Å²) in [4.78, 5) is 20.1. The maximum absolute atomic E-state index is 13.6. The van der Waals surface area contributed by atoms with Crippen molar-refractivity contribution in [1.82, 2.24) is 29.3 Å². The molecule has 1 saturated carbocycles. The summed E-state index contributed by atoms with van der Waals surface area (Å²) in [5.74, 6) is 0.839. The van der Waals surface area contributed by atoms with Gasteiger partial charge in [-0.15, -0.1) is 5.10 Å². The van der Waals surface area contributed by atoms with Crippen molar-refractivity contribution in [3.63, 3.8) is 0 Å². The van der Waals surface area contributed by atoms with Crippen molar-refractivity contribution in [3.05, 3.63) is 30.4 Å². The molecule has 2 aliphatic rings. The second-order valence-electron chi connectivity index (χ2n) is 12.1. The predicted octanol–water partition coefficient (Wildman–Crippen LogP) is 3.43. The van der Waals surface area contributed by atoms with Gasteiger partial charge >= 0.3 is 0 Å². The molecule has 0 aromatic carbocycles. The van der Waals surface area contributed by atoms with Gasteiger partial charge in [0.25, 0.3) is 0 Å². The van der Waals surface area contributed by atoms with E-state index in [2.05, 4.69) is 21.5 Å². The van der Waals surface area contributed by atoms with Gasteiger partial charge in [0.2, 0.25) is 11.9 Å². The van der Waals surface area contributed by atoms with Crippen LogP contribution in [0.2, 0.25) is 0 Å². The lowest BCUT2D eigenvalue weighted by Crippen LogP contribution is -2.54. The van der Waals surface area contributed by atoms with Crippen LogP contribution in [-0.4, -0.2) is 91.5 Å². The molecular weight excluding hydrogens is 510 g/mol. The molecule has 11 heteroatoms. The summed E-state index contributed by atoms with van der Waals surface area (Å²) in [6.45, 7) is 11.5. The number of morpholine rings is 1. The fourth-order valence-electron chi connectivity index (χ4n) is 6.08. The minimum Gasteiger partial charge on any atom is -0.393 e. The summed E-state index contributed by atoms with van der Waals surface area (Å²) in [5.41, 5.74) is 2.99. The Morgan fingerprint density at radius 3 is 2.58 bits per heavy atom. The molecule has 2 fully saturated rings. The van der Waals surface area contributed by atoms with E-state index in [0.29, 0.717) is 25.6 Å². The molecule has 0 radical (unpaired) electrons. The van der Waals surface area contributed by atoms with Gasteiger partial charge in [-0.2, -0.15) is 5.10 Å². The summed E-state index contributed by atoms with van der Waals surface area (Å²) >= 11 is 0. The van der Waals surface area contributed by atoms with E-state index in [1.54, 1.807) is 11.8 Å². The van der Waals surface area contributed by atoms with Crippen LogP contribution in [0.3, 0.4) is 0 Å². The lowest BCUT2D eigenvalue weighted by molar-refractivity contribution is -0.151. The van der Waals surface area contributed by atoms with Crippen LogP contribution in [0.5, 0.6) is 0 Å². The number of nitrogens with one attached hydrogen (secondary N) is 1. The third kappa shape index (κ3) is 5.73. The second kappa shape index (κ2) is 11.5. The Hall–Kier alpha value is -3.02. The number of rotatable bonds is 8. The van der Waals surface area contributed by atoms with Crippen LogP contribution in [0.1, 0.15) is 71.9 Å². The number of hydrogen-bond donors (Lipinski definition) is 2. The zero-order chi connectivity index (χ0) is 28.6. The molecule has 11 nitrogen and oxygen atoms in total. The maximum Gasteiger partial charge on any atom is 0.250 e. The van der Waals surface area contributed by atoms with Gasteiger partial charge < -0.3 is 24.8 Å². The minimum atomic E-state index is -0.863. The van der Waals surface area contributed by atoms with Gasteiger partial charge in [0, 0.05) is 55.2 Å². The van der Waals surface area contributed by atoms with E-state index < -0.39 is 5.54 Å². The Kier molecular flexibility index (Phi) is 8.17. The molecule has 40 heavy (non-hydrogen) atoms. The van der Waals surface area contributed by atoms with Crippen molar-refractivity contribution in [2.75, 3.05) is 32.1 Å². The van der Waals surface area contributed by atoms with Gasteiger partial charge in [0.1, 0.15) is 5.54 Å². The lowest BCUT2D eigenvalue weighted by Gasteiger charge is -2.39. The average Bonchev–Trinajstić information content (AvgIpc) is 3.54. The van der Waals surface area contributed by atoms with Crippen LogP contribution >= 0.6 is 0 Å². The molecule has 5 rings (SSSR count). The predicted molar refractivity (Wildman–Crippen MR) is 152 cm³/mol. The molecule has 0 bridgehead atoms. The third-order valence-corrected chi connectivity index (χ3v) is 8.15. The molecule has 1 aliphatic carbocycles. The molecule has 1 amide bonds. The summed E-state index contributed by atoms with van der Waals surface area (Å²) in [5, 5.41) is 23.0. The van der Waals surface area contributed by atoms with Crippen molar-refractivity contribution in [2.24, 2.45) is 0 Å². The molecular formula is C29H43N7O4. The van der Waals surface area contributed by atoms with Gasteiger partial charge in [0.15, 0.2) is 0 Å². The first-order valence-electron chi connectivity index (χ1n) is 14.4. The molecule has 3 aromatic heterocycles. The van der Waals surface area contributed by atoms with Crippen LogP contribution in [0, 0.1) is 0 Å². The van der Waals surface area contributed by atoms with E-state index in [1.807, 2.05) is 62.6 Å². The normalized spacial score (nSPS) is 24.8. The first-order valence-corrected chi connectivity index (χ1v) is 14.4. The zero-order valence-corrected chi connectivity index (χ0v) is 24.5. The fourth-order valence-corrected chi connectivity index (χ4v) is 6.08. The highest BCUT2D eigenvalue weighted by atomic mass is 16.5. The van der Waals surface area contributed by atoms with Crippen LogP contribution in [0.25, 0.3) is 16.6 Å². The SMILES string of the molecule is COC[C@H](C)Nc1ncc2c(-c3cnn(C(C)(C)C(=O)N4C[C@H](C)O[C@@H](C)C4)c3)cc(C3CCC(O)CC3)n2n1. The molecule has 218 valence electrons. The number of aliphatic hydroxyl groups excluding tert-OH is 1. The number of methoxy groups -OCH3 is 1. The van der Waals surface area contributed by atoms with Crippen molar-refractivity contribution < 1.29 is 19.4 Å². The number of carbonyl (C=O) groups excluding carboxylic acids is 1. The third-order valence-electron chi connectivity index (χ3n) is 8.15. The smallest absolute Gasteiger partial charge is 0.250 e. The van der Waals surface area contributed by atoms with E-state index in [9.17, 15) is 9.90 Å². The number of hydrogen-bond acceptors (Lipinski definition) is 8. The van der Waals surface area contributed by atoms with Crippen LogP contribution in [0.15, 0.2) is 24.7 Å². The maximum atomic E-state index is 13.6. The number of carbonyl (C=O) groups is 1. The number of anilines is 1. The van der Waals surface area contributed by atoms with Gasteiger partial charge in [-0.1, -0.05) is 0 Å². The first-order chi connectivity index (χ1) is 19.1. The van der Waals surface area contributed by atoms with Gasteiger partial charge in [-0.05, 0) is 66.4 Å². The summed E-state index contributed by atoms with van der Waals surface area (Å²) in [6, 6.07) is 2.23. The number of aliphatic hydroxyl groups is 1. The van der Waals surface area contributed by atoms with Crippen molar-refractivity contribution in [1.29, 1.82) is 0 Å². The molecule has 0 unspecified atom stereocenters. The molecule has 3 atom stereocenters. The van der Waals surface area contributed by atoms with E-state index in [1.165, 1.54) is 0 Å². The quantitative estimate of drug-likeness (QED) is 0.436. The monoisotopic (exact) mass is 553 g/mol. The summed E-state index contributed by atoms with van der Waals surface area (Å²) in [7, 11) is 1.67. The summed E-state index contributed by atoms with van der Waals surface area (Å²) in [6.07, 6.45) is 8.73. The van der Waals surface area contributed by atoms with Gasteiger partial charge in [-0.25, -0.2) is 9.50 Å². The first kappa shape index (κ1) is 28.5. The molecule has 1 saturated heterocycles. The second-order valence-corrected chi connectivity index (χ2v) is 12.1. The van der Waals surface area contributed by atoms with E-state index >= 15 is 0 Å². The lowest BCUT2D eigenvalue weighted by atomic mass is 9.85. The van der Waals surface area contributed by atoms with Gasteiger partial charge in [-0.3, -0.25) is 9.48 Å². The van der Waals surface area contributed by atoms with E-state index in [-0.39, 0.29) is 36.2 Å². The van der Waals surface area contributed by atoms with Crippen LogP contribution < -0.4 is 5.32 Å². The topological polar surface area (TPSA) is 119 Å². The molecule has 1 aliphatic heterocycles. The Bertz CT molecular complexity index is 1320. The van der Waals surface area contributed by atoms with Crippen LogP contribution in [-0.2, 0) is 19.8 Å². The molecule has 0 spiro atoms. The number of fused-ring (bicyclic) bond motifs is 1. The number of aromatic nitrogens is 5. The Labute approximate surface area is 235 Å². The Balaban J connectivity index is 1.48. The van der Waals surface area contributed by atoms with Crippen molar-refractivity contribution in [3.8, 4) is 11.1 Å². The Morgan fingerprint density at radius 1 is 1.20 bits per heavy atom.